The SMILES string of the molecule is CCOC(=O)C1=C(C)N(C)C(C)=C(C(=O)OCC)C1c1ccc(-n2ccnc2)cc1. The molecule has 7 nitrogen and oxygen atoms in total. The summed E-state index contributed by atoms with van der Waals surface area (Å²) < 4.78 is 12.6. The molecule has 0 N–H and O–H groups in total. The molecule has 0 saturated carbocycles. The molecule has 0 atom stereocenters. The maximum absolute atomic E-state index is 12.9. The highest BCUT2D eigenvalue weighted by molar-refractivity contribution is 5.99. The van der Waals surface area contributed by atoms with Crippen molar-refractivity contribution in [3.63, 3.8) is 0 Å². The number of hydrogen-bond donors (Lipinski definition) is 0. The Kier molecular flexibility index (Phi) is 6.40. The van der Waals surface area contributed by atoms with Gasteiger partial charge in [-0.25, -0.2) is 14.6 Å². The van der Waals surface area contributed by atoms with Gasteiger partial charge in [0.05, 0.1) is 36.6 Å². The molecular weight excluding hydrogens is 382 g/mol. The molecule has 0 fully saturated rings. The molecule has 1 aromatic heterocycles. The summed E-state index contributed by atoms with van der Waals surface area (Å²) >= 11 is 0. The van der Waals surface area contributed by atoms with Crippen LogP contribution in [-0.4, -0.2) is 46.7 Å². The Hall–Kier alpha value is -3.35. The van der Waals surface area contributed by atoms with Gasteiger partial charge in [-0.3, -0.25) is 0 Å². The van der Waals surface area contributed by atoms with Crippen LogP contribution in [0.15, 0.2) is 65.5 Å². The van der Waals surface area contributed by atoms with Gasteiger partial charge in [0.2, 0.25) is 0 Å². The van der Waals surface area contributed by atoms with E-state index in [0.717, 1.165) is 22.6 Å². The first-order chi connectivity index (χ1) is 14.4. The molecule has 0 bridgehead atoms. The van der Waals surface area contributed by atoms with Gasteiger partial charge in [-0.1, -0.05) is 12.1 Å². The van der Waals surface area contributed by atoms with Gasteiger partial charge in [0, 0.05) is 36.5 Å². The first-order valence-electron chi connectivity index (χ1n) is 9.98. The van der Waals surface area contributed by atoms with Crippen molar-refractivity contribution in [2.24, 2.45) is 0 Å². The van der Waals surface area contributed by atoms with Crippen LogP contribution in [0.5, 0.6) is 0 Å². The molecule has 30 heavy (non-hydrogen) atoms. The summed E-state index contributed by atoms with van der Waals surface area (Å²) in [7, 11) is 1.83. The van der Waals surface area contributed by atoms with Gasteiger partial charge in [-0.05, 0) is 45.4 Å². The quantitative estimate of drug-likeness (QED) is 0.679. The third kappa shape index (κ3) is 3.87. The molecule has 7 heteroatoms. The predicted molar refractivity (Wildman–Crippen MR) is 113 cm³/mol. The van der Waals surface area contributed by atoms with E-state index in [1.165, 1.54) is 0 Å². The van der Waals surface area contributed by atoms with Gasteiger partial charge >= 0.3 is 11.9 Å². The van der Waals surface area contributed by atoms with Crippen molar-refractivity contribution in [3.8, 4) is 5.69 Å². The first-order valence-corrected chi connectivity index (χ1v) is 9.98. The highest BCUT2D eigenvalue weighted by Gasteiger charge is 2.39. The highest BCUT2D eigenvalue weighted by atomic mass is 16.5. The van der Waals surface area contributed by atoms with Crippen LogP contribution < -0.4 is 0 Å². The minimum Gasteiger partial charge on any atom is -0.463 e. The fourth-order valence-electron chi connectivity index (χ4n) is 3.71. The van der Waals surface area contributed by atoms with E-state index in [1.807, 2.05) is 60.8 Å². The fourth-order valence-corrected chi connectivity index (χ4v) is 3.71. The number of carbonyl (C=O) groups is 2. The summed E-state index contributed by atoms with van der Waals surface area (Å²) in [5.74, 6) is -1.43. The van der Waals surface area contributed by atoms with Gasteiger partial charge in [0.15, 0.2) is 0 Å². The van der Waals surface area contributed by atoms with E-state index in [0.29, 0.717) is 11.1 Å². The van der Waals surface area contributed by atoms with Crippen LogP contribution >= 0.6 is 0 Å². The van der Waals surface area contributed by atoms with E-state index in [9.17, 15) is 9.59 Å². The Bertz CT molecular complexity index is 946. The number of nitrogens with zero attached hydrogens (tertiary/aromatic N) is 3. The maximum Gasteiger partial charge on any atom is 0.336 e. The Labute approximate surface area is 176 Å². The Morgan fingerprint density at radius 1 is 0.967 bits per heavy atom. The van der Waals surface area contributed by atoms with Crippen molar-refractivity contribution in [1.29, 1.82) is 0 Å². The van der Waals surface area contributed by atoms with E-state index in [-0.39, 0.29) is 13.2 Å². The molecule has 158 valence electrons. The molecule has 0 saturated heterocycles. The largest absolute Gasteiger partial charge is 0.463 e. The summed E-state index contributed by atoms with van der Waals surface area (Å²) in [5, 5.41) is 0. The standard InChI is InChI=1S/C23H27N3O4/c1-6-29-22(27)19-15(3)25(5)16(4)20(23(28)30-7-2)21(19)17-8-10-18(11-9-17)26-13-12-24-14-26/h8-14,21H,6-7H2,1-5H3. The van der Waals surface area contributed by atoms with E-state index in [1.54, 1.807) is 26.4 Å². The van der Waals surface area contributed by atoms with Gasteiger partial charge in [0.1, 0.15) is 0 Å². The summed E-state index contributed by atoms with van der Waals surface area (Å²) in [6.07, 6.45) is 5.28. The molecule has 0 spiro atoms. The predicted octanol–water partition coefficient (Wildman–Crippen LogP) is 3.58. The molecule has 2 heterocycles. The molecular formula is C23H27N3O4. The molecule has 1 aromatic carbocycles. The molecule has 1 aliphatic heterocycles. The fraction of sp³-hybridized carbons (Fsp3) is 0.348. The summed E-state index contributed by atoms with van der Waals surface area (Å²) in [5.41, 5.74) is 4.15. The van der Waals surface area contributed by atoms with Gasteiger partial charge < -0.3 is 18.9 Å². The van der Waals surface area contributed by atoms with E-state index in [2.05, 4.69) is 4.98 Å². The second kappa shape index (κ2) is 8.98. The summed E-state index contributed by atoms with van der Waals surface area (Å²) in [6, 6.07) is 7.71. The number of rotatable bonds is 6. The van der Waals surface area contributed by atoms with Crippen molar-refractivity contribution in [2.45, 2.75) is 33.6 Å². The van der Waals surface area contributed by atoms with Gasteiger partial charge in [-0.15, -0.1) is 0 Å². The average Bonchev–Trinajstić information content (AvgIpc) is 3.27. The minimum atomic E-state index is -0.573. The molecule has 0 aliphatic carbocycles. The molecule has 0 radical (unpaired) electrons. The Balaban J connectivity index is 2.14. The third-order valence-electron chi connectivity index (χ3n) is 5.38. The van der Waals surface area contributed by atoms with Crippen LogP contribution in [-0.2, 0) is 19.1 Å². The average molecular weight is 409 g/mol. The molecule has 2 aromatic rings. The normalized spacial score (nSPS) is 14.9. The lowest BCUT2D eigenvalue weighted by Gasteiger charge is -2.35. The second-order valence-electron chi connectivity index (χ2n) is 6.99. The van der Waals surface area contributed by atoms with Gasteiger partial charge in [0.25, 0.3) is 0 Å². The number of imidazole rings is 1. The van der Waals surface area contributed by atoms with Crippen molar-refractivity contribution >= 4 is 11.9 Å². The van der Waals surface area contributed by atoms with E-state index >= 15 is 0 Å². The lowest BCUT2D eigenvalue weighted by molar-refractivity contribution is -0.139. The minimum absolute atomic E-state index is 0.253. The van der Waals surface area contributed by atoms with E-state index < -0.39 is 17.9 Å². The molecule has 1 aliphatic rings. The number of esters is 2. The van der Waals surface area contributed by atoms with Crippen LogP contribution in [0.25, 0.3) is 5.69 Å². The Morgan fingerprint density at radius 2 is 1.50 bits per heavy atom. The van der Waals surface area contributed by atoms with Crippen LogP contribution in [0.4, 0.5) is 0 Å². The number of carbonyl (C=O) groups excluding carboxylic acids is 2. The number of benzene rings is 1. The van der Waals surface area contributed by atoms with Crippen molar-refractivity contribution < 1.29 is 19.1 Å². The zero-order valence-electron chi connectivity index (χ0n) is 18.0. The number of ether oxygens (including phenoxy) is 2. The maximum atomic E-state index is 12.9. The number of allylic oxidation sites excluding steroid dienone is 2. The number of hydrogen-bond acceptors (Lipinski definition) is 6. The van der Waals surface area contributed by atoms with Gasteiger partial charge in [-0.2, -0.15) is 0 Å². The third-order valence-corrected chi connectivity index (χ3v) is 5.38. The van der Waals surface area contributed by atoms with Crippen LogP contribution in [0.2, 0.25) is 0 Å². The highest BCUT2D eigenvalue weighted by Crippen LogP contribution is 2.42. The van der Waals surface area contributed by atoms with Crippen molar-refractivity contribution in [2.75, 3.05) is 20.3 Å². The smallest absolute Gasteiger partial charge is 0.336 e. The lowest BCUT2D eigenvalue weighted by Crippen LogP contribution is -2.33. The molecule has 0 unspecified atom stereocenters. The van der Waals surface area contributed by atoms with Crippen molar-refractivity contribution in [3.05, 3.63) is 71.1 Å². The first kappa shape index (κ1) is 21.4. The summed E-state index contributed by atoms with van der Waals surface area (Å²) in [6.45, 7) is 7.77. The molecule has 0 amide bonds. The Morgan fingerprint density at radius 3 is 1.93 bits per heavy atom. The van der Waals surface area contributed by atoms with Crippen LogP contribution in [0.1, 0.15) is 39.2 Å². The summed E-state index contributed by atoms with van der Waals surface area (Å²) in [4.78, 5) is 31.8. The lowest BCUT2D eigenvalue weighted by atomic mass is 9.80. The van der Waals surface area contributed by atoms with Crippen LogP contribution in [0, 0.1) is 0 Å². The van der Waals surface area contributed by atoms with E-state index in [4.69, 9.17) is 9.47 Å². The number of aromatic nitrogens is 2. The second-order valence-corrected chi connectivity index (χ2v) is 6.99. The van der Waals surface area contributed by atoms with Crippen molar-refractivity contribution in [1.82, 2.24) is 14.5 Å². The zero-order chi connectivity index (χ0) is 21.8. The zero-order valence-corrected chi connectivity index (χ0v) is 18.0. The molecule has 3 rings (SSSR count). The monoisotopic (exact) mass is 409 g/mol. The topological polar surface area (TPSA) is 73.7 Å². The van der Waals surface area contributed by atoms with Crippen LogP contribution in [0.3, 0.4) is 0 Å².